The molecular formula is C6H10Ca2O7. The van der Waals surface area contributed by atoms with Gasteiger partial charge in [0.05, 0.1) is 0 Å². The van der Waals surface area contributed by atoms with E-state index >= 15 is 0 Å². The van der Waals surface area contributed by atoms with Gasteiger partial charge in [-0.05, 0) is 0 Å². The molecule has 0 saturated carbocycles. The summed E-state index contributed by atoms with van der Waals surface area (Å²) < 4.78 is 3.83. The van der Waals surface area contributed by atoms with Gasteiger partial charge in [0.15, 0.2) is 0 Å². The van der Waals surface area contributed by atoms with Crippen LogP contribution in [0.3, 0.4) is 0 Å². The molecule has 15 heavy (non-hydrogen) atoms. The summed E-state index contributed by atoms with van der Waals surface area (Å²) in [6, 6.07) is 0. The van der Waals surface area contributed by atoms with E-state index in [1.165, 1.54) is 0 Å². The summed E-state index contributed by atoms with van der Waals surface area (Å²) in [6.45, 7) is 0. The summed E-state index contributed by atoms with van der Waals surface area (Å²) in [4.78, 5) is 40.6. The molecule has 0 saturated heterocycles. The van der Waals surface area contributed by atoms with Crippen LogP contribution in [0.4, 0.5) is 0 Å². The first-order valence-corrected chi connectivity index (χ1v) is 3.09. The van der Waals surface area contributed by atoms with Gasteiger partial charge in [0.2, 0.25) is 0 Å². The van der Waals surface area contributed by atoms with Crippen molar-refractivity contribution in [2.45, 2.75) is 12.8 Å². The molecule has 0 aromatic carbocycles. The second-order valence-electron chi connectivity index (χ2n) is 1.99. The van der Waals surface area contributed by atoms with E-state index in [9.17, 15) is 19.2 Å². The summed E-state index contributed by atoms with van der Waals surface area (Å²) in [5.41, 5.74) is 0. The van der Waals surface area contributed by atoms with Crippen molar-refractivity contribution < 1.29 is 34.1 Å². The van der Waals surface area contributed by atoms with Gasteiger partial charge in [-0.1, -0.05) is 0 Å². The molecule has 0 bridgehead atoms. The second-order valence-corrected chi connectivity index (χ2v) is 1.99. The first kappa shape index (κ1) is 20.9. The van der Waals surface area contributed by atoms with Gasteiger partial charge in [-0.25, -0.2) is 0 Å². The molecule has 2 N–H and O–H groups in total. The van der Waals surface area contributed by atoms with Crippen molar-refractivity contribution in [3.63, 3.8) is 0 Å². The number of esters is 2. The molecular weight excluding hydrogens is 264 g/mol. The predicted octanol–water partition coefficient (Wildman–Crippen LogP) is -2.83. The molecule has 0 aliphatic carbocycles. The fourth-order valence-electron chi connectivity index (χ4n) is 0.446. The standard InChI is InChI=1S/C6H6O7.2Ca.4H/c7-3(8)1-5(11)13-6(12)2-4(9)10;;;;;;/h1-2H2,(H,7,8)(H,9,10);;;;;;. The Morgan fingerprint density at radius 1 is 0.800 bits per heavy atom. The van der Waals surface area contributed by atoms with E-state index in [4.69, 9.17) is 10.2 Å². The Kier molecular flexibility index (Phi) is 15.5. The Morgan fingerprint density at radius 3 is 1.27 bits per heavy atom. The first-order chi connectivity index (χ1) is 5.91. The number of carboxylic acids is 2. The van der Waals surface area contributed by atoms with Crippen molar-refractivity contribution in [2.24, 2.45) is 0 Å². The maximum absolute atomic E-state index is 10.4. The molecule has 0 unspecified atom stereocenters. The van der Waals surface area contributed by atoms with Crippen molar-refractivity contribution in [2.75, 3.05) is 0 Å². The van der Waals surface area contributed by atoms with E-state index in [1.54, 1.807) is 0 Å². The van der Waals surface area contributed by atoms with Crippen molar-refractivity contribution in [3.05, 3.63) is 0 Å². The van der Waals surface area contributed by atoms with Crippen molar-refractivity contribution in [1.82, 2.24) is 0 Å². The molecule has 9 heteroatoms. The number of hydrogen-bond acceptors (Lipinski definition) is 5. The number of hydrogen-bond donors (Lipinski definition) is 2. The Labute approximate surface area is 144 Å². The molecule has 0 aromatic rings. The summed E-state index contributed by atoms with van der Waals surface area (Å²) >= 11 is 0. The SMILES string of the molecule is O=C(O)CC(=O)OC(=O)CC(=O)O.[CaH2].[CaH2]. The molecule has 0 heterocycles. The van der Waals surface area contributed by atoms with Gasteiger partial charge in [-0.2, -0.15) is 0 Å². The minimum absolute atomic E-state index is 0. The van der Waals surface area contributed by atoms with Gasteiger partial charge >= 0.3 is 99.4 Å². The molecule has 7 nitrogen and oxygen atoms in total. The second kappa shape index (κ2) is 11.1. The van der Waals surface area contributed by atoms with Crippen LogP contribution < -0.4 is 0 Å². The predicted molar refractivity (Wildman–Crippen MR) is 52.7 cm³/mol. The molecule has 0 fully saturated rings. The van der Waals surface area contributed by atoms with Crippen LogP contribution in [0.2, 0.25) is 0 Å². The summed E-state index contributed by atoms with van der Waals surface area (Å²) in [5, 5.41) is 16.1. The zero-order valence-corrected chi connectivity index (χ0v) is 6.35. The number of carbonyl (C=O) groups is 4. The first-order valence-electron chi connectivity index (χ1n) is 3.09. The van der Waals surface area contributed by atoms with Crippen LogP contribution in [0, 0.1) is 0 Å². The summed E-state index contributed by atoms with van der Waals surface area (Å²) in [6.07, 6.45) is -1.93. The van der Waals surface area contributed by atoms with Crippen molar-refractivity contribution >= 4 is 99.4 Å². The van der Waals surface area contributed by atoms with Crippen LogP contribution in [0.5, 0.6) is 0 Å². The third kappa shape index (κ3) is 14.6. The quantitative estimate of drug-likeness (QED) is 0.322. The number of rotatable bonds is 4. The monoisotopic (exact) mass is 274 g/mol. The Hall–Kier alpha value is 0.599. The molecule has 0 spiro atoms. The van der Waals surface area contributed by atoms with Gasteiger partial charge in [-0.15, -0.1) is 0 Å². The zero-order chi connectivity index (χ0) is 10.4. The Balaban J connectivity index is -0.000000720. The zero-order valence-electron chi connectivity index (χ0n) is 6.35. The summed E-state index contributed by atoms with van der Waals surface area (Å²) in [7, 11) is 0. The average Bonchev–Trinajstić information content (AvgIpc) is 1.80. The Bertz CT molecular complexity index is 236. The third-order valence-electron chi connectivity index (χ3n) is 0.819. The van der Waals surface area contributed by atoms with E-state index in [2.05, 4.69) is 4.74 Å². The molecule has 0 aliphatic rings. The van der Waals surface area contributed by atoms with Crippen LogP contribution >= 0.6 is 0 Å². The van der Waals surface area contributed by atoms with Gasteiger partial charge in [0, 0.05) is 0 Å². The number of aliphatic carboxylic acids is 2. The van der Waals surface area contributed by atoms with Gasteiger partial charge < -0.3 is 14.9 Å². The number of ether oxygens (including phenoxy) is 1. The molecule has 80 valence electrons. The van der Waals surface area contributed by atoms with Crippen LogP contribution in [-0.2, 0) is 23.9 Å². The van der Waals surface area contributed by atoms with E-state index in [0.717, 1.165) is 0 Å². The molecule has 0 amide bonds. The van der Waals surface area contributed by atoms with Crippen molar-refractivity contribution in [1.29, 1.82) is 0 Å². The van der Waals surface area contributed by atoms with Gasteiger partial charge in [-0.3, -0.25) is 19.2 Å². The molecule has 0 rings (SSSR count). The van der Waals surface area contributed by atoms with Crippen LogP contribution in [-0.4, -0.2) is 110 Å². The van der Waals surface area contributed by atoms with Crippen molar-refractivity contribution in [3.8, 4) is 0 Å². The third-order valence-corrected chi connectivity index (χ3v) is 0.819. The van der Waals surface area contributed by atoms with Crippen LogP contribution in [0.25, 0.3) is 0 Å². The van der Waals surface area contributed by atoms with Gasteiger partial charge in [0.1, 0.15) is 12.8 Å². The summed E-state index contributed by atoms with van der Waals surface area (Å²) in [5.74, 6) is -5.46. The fourth-order valence-corrected chi connectivity index (χ4v) is 0.446. The average molecular weight is 274 g/mol. The van der Waals surface area contributed by atoms with Gasteiger partial charge in [0.25, 0.3) is 0 Å². The number of carboxylic acid groups (broad SMARTS) is 2. The van der Waals surface area contributed by atoms with E-state index in [0.29, 0.717) is 0 Å². The van der Waals surface area contributed by atoms with E-state index in [-0.39, 0.29) is 75.5 Å². The normalized spacial score (nSPS) is 7.73. The van der Waals surface area contributed by atoms with E-state index in [1.807, 2.05) is 0 Å². The van der Waals surface area contributed by atoms with Crippen LogP contribution in [0.15, 0.2) is 0 Å². The minimum atomic E-state index is -1.45. The molecule has 0 aliphatic heterocycles. The van der Waals surface area contributed by atoms with E-state index < -0.39 is 36.7 Å². The topological polar surface area (TPSA) is 118 Å². The fraction of sp³-hybridized carbons (Fsp3) is 0.333. The maximum atomic E-state index is 10.4. The Morgan fingerprint density at radius 2 is 1.07 bits per heavy atom. The molecule has 0 atom stereocenters. The molecule has 0 aromatic heterocycles. The number of carbonyl (C=O) groups excluding carboxylic acids is 2. The molecule has 0 radical (unpaired) electrons. The van der Waals surface area contributed by atoms with Crippen LogP contribution in [0.1, 0.15) is 12.8 Å².